The maximum atomic E-state index is 5.94. The molecule has 5 nitrogen and oxygen atoms in total. The molecule has 4 N–H and O–H groups in total. The van der Waals surface area contributed by atoms with E-state index in [9.17, 15) is 0 Å². The topological polar surface area (TPSA) is 71.7 Å². The second-order valence-corrected chi connectivity index (χ2v) is 4.99. The van der Waals surface area contributed by atoms with Gasteiger partial charge in [0, 0.05) is 12.8 Å². The van der Waals surface area contributed by atoms with E-state index in [0.717, 1.165) is 18.5 Å². The molecule has 1 unspecified atom stereocenters. The van der Waals surface area contributed by atoms with Crippen LogP contribution in [0.4, 0.5) is 5.69 Å². The Balaban J connectivity index is 2.87. The molecular weight excluding hydrogens is 284 g/mol. The number of anilines is 1. The standard InChI is InChI=1S/C15H24N4OS/c1-5-11-8-7-9-12(6-2)13(11)18-14(16)19-15(21)17-10(3)20-4/h7-10H,5-6H2,1-4H3,(H4,16,17,18,19,21). The van der Waals surface area contributed by atoms with Gasteiger partial charge in [0.25, 0.3) is 0 Å². The van der Waals surface area contributed by atoms with Gasteiger partial charge in [-0.2, -0.15) is 4.99 Å². The molecule has 6 heteroatoms. The summed E-state index contributed by atoms with van der Waals surface area (Å²) in [5, 5.41) is 6.36. The van der Waals surface area contributed by atoms with Crippen molar-refractivity contribution in [1.82, 2.24) is 5.32 Å². The number of rotatable bonds is 5. The first kappa shape index (κ1) is 17.4. The SMILES string of the molecule is CCc1cccc(CC)c1N/C(N)=N/C(=S)NC(C)OC. The average Bonchev–Trinajstić information content (AvgIpc) is 2.46. The zero-order valence-electron chi connectivity index (χ0n) is 13.1. The highest BCUT2D eigenvalue weighted by molar-refractivity contribution is 7.80. The summed E-state index contributed by atoms with van der Waals surface area (Å²) in [5.74, 6) is 0.270. The first-order valence-electron chi connectivity index (χ1n) is 7.07. The Labute approximate surface area is 132 Å². The normalized spacial score (nSPS) is 12.9. The van der Waals surface area contributed by atoms with Crippen molar-refractivity contribution in [2.24, 2.45) is 10.7 Å². The van der Waals surface area contributed by atoms with Gasteiger partial charge in [-0.3, -0.25) is 0 Å². The Hall–Kier alpha value is -1.66. The molecule has 1 aromatic rings. The number of hydrogen-bond acceptors (Lipinski definition) is 2. The number of para-hydroxylation sites is 1. The quantitative estimate of drug-likeness (QED) is 0.337. The van der Waals surface area contributed by atoms with Crippen LogP contribution in [-0.2, 0) is 17.6 Å². The van der Waals surface area contributed by atoms with Gasteiger partial charge in [0.15, 0.2) is 5.11 Å². The molecule has 0 aliphatic carbocycles. The Morgan fingerprint density at radius 3 is 2.38 bits per heavy atom. The van der Waals surface area contributed by atoms with Crippen molar-refractivity contribution < 1.29 is 4.74 Å². The van der Waals surface area contributed by atoms with Crippen molar-refractivity contribution in [1.29, 1.82) is 0 Å². The van der Waals surface area contributed by atoms with E-state index >= 15 is 0 Å². The molecule has 0 saturated heterocycles. The number of aryl methyl sites for hydroxylation is 2. The molecule has 0 aliphatic rings. The van der Waals surface area contributed by atoms with E-state index in [0.29, 0.717) is 5.11 Å². The number of aliphatic imine (C=N–C) groups is 1. The van der Waals surface area contributed by atoms with Gasteiger partial charge in [-0.05, 0) is 43.1 Å². The van der Waals surface area contributed by atoms with Crippen molar-refractivity contribution >= 4 is 29.0 Å². The molecule has 0 saturated carbocycles. The molecule has 0 bridgehead atoms. The lowest BCUT2D eigenvalue weighted by Gasteiger charge is -2.15. The number of nitrogens with zero attached hydrogens (tertiary/aromatic N) is 1. The summed E-state index contributed by atoms with van der Waals surface area (Å²) in [6.07, 6.45) is 1.64. The lowest BCUT2D eigenvalue weighted by molar-refractivity contribution is 0.107. The third-order valence-electron chi connectivity index (χ3n) is 3.15. The fourth-order valence-corrected chi connectivity index (χ4v) is 2.20. The molecule has 1 rings (SSSR count). The van der Waals surface area contributed by atoms with Gasteiger partial charge in [0.1, 0.15) is 6.23 Å². The van der Waals surface area contributed by atoms with Crippen molar-refractivity contribution in [3.05, 3.63) is 29.3 Å². The van der Waals surface area contributed by atoms with Gasteiger partial charge in [-0.25, -0.2) is 0 Å². The Kier molecular flexibility index (Phi) is 7.11. The largest absolute Gasteiger partial charge is 0.369 e. The average molecular weight is 308 g/mol. The van der Waals surface area contributed by atoms with Crippen LogP contribution in [0.25, 0.3) is 0 Å². The van der Waals surface area contributed by atoms with Crippen LogP contribution in [0.15, 0.2) is 23.2 Å². The molecule has 0 amide bonds. The highest BCUT2D eigenvalue weighted by atomic mass is 32.1. The predicted molar refractivity (Wildman–Crippen MR) is 92.6 cm³/mol. The van der Waals surface area contributed by atoms with Crippen LogP contribution in [0.2, 0.25) is 0 Å². The number of nitrogens with one attached hydrogen (secondary N) is 2. The third-order valence-corrected chi connectivity index (χ3v) is 3.36. The van der Waals surface area contributed by atoms with E-state index < -0.39 is 0 Å². The number of methoxy groups -OCH3 is 1. The van der Waals surface area contributed by atoms with Gasteiger partial charge in [0.2, 0.25) is 5.96 Å². The Morgan fingerprint density at radius 2 is 1.90 bits per heavy atom. The van der Waals surface area contributed by atoms with E-state index in [4.69, 9.17) is 22.7 Å². The van der Waals surface area contributed by atoms with Gasteiger partial charge >= 0.3 is 0 Å². The number of ether oxygens (including phenoxy) is 1. The molecule has 0 spiro atoms. The minimum atomic E-state index is -0.205. The van der Waals surface area contributed by atoms with E-state index in [2.05, 4.69) is 47.7 Å². The van der Waals surface area contributed by atoms with Crippen LogP contribution >= 0.6 is 12.2 Å². The van der Waals surface area contributed by atoms with Gasteiger partial charge in [-0.15, -0.1) is 0 Å². The van der Waals surface area contributed by atoms with E-state index in [1.165, 1.54) is 11.1 Å². The van der Waals surface area contributed by atoms with Crippen LogP contribution in [0, 0.1) is 0 Å². The third kappa shape index (κ3) is 5.32. The van der Waals surface area contributed by atoms with Crippen LogP contribution in [0.1, 0.15) is 31.9 Å². The monoisotopic (exact) mass is 308 g/mol. The van der Waals surface area contributed by atoms with Crippen molar-refractivity contribution in [3.8, 4) is 0 Å². The first-order valence-corrected chi connectivity index (χ1v) is 7.47. The van der Waals surface area contributed by atoms with E-state index in [1.54, 1.807) is 7.11 Å². The predicted octanol–water partition coefficient (Wildman–Crippen LogP) is 2.40. The summed E-state index contributed by atoms with van der Waals surface area (Å²) in [5.41, 5.74) is 9.37. The number of nitrogens with two attached hydrogens (primary N) is 1. The van der Waals surface area contributed by atoms with Gasteiger partial charge in [0.05, 0.1) is 0 Å². The number of thiocarbonyl (C=S) groups is 1. The zero-order valence-corrected chi connectivity index (χ0v) is 13.9. The van der Waals surface area contributed by atoms with Crippen molar-refractivity contribution in [2.45, 2.75) is 39.8 Å². The lowest BCUT2D eigenvalue weighted by Crippen LogP contribution is -2.34. The fourth-order valence-electron chi connectivity index (χ4n) is 1.93. The second kappa shape index (κ2) is 8.59. The van der Waals surface area contributed by atoms with E-state index in [1.807, 2.05) is 6.92 Å². The van der Waals surface area contributed by atoms with Crippen LogP contribution < -0.4 is 16.4 Å². The Bertz CT molecular complexity index is 494. The lowest BCUT2D eigenvalue weighted by atomic mass is 10.0. The Morgan fingerprint density at radius 1 is 1.33 bits per heavy atom. The van der Waals surface area contributed by atoms with Gasteiger partial charge < -0.3 is 21.1 Å². The second-order valence-electron chi connectivity index (χ2n) is 4.61. The minimum absolute atomic E-state index is 0.205. The summed E-state index contributed by atoms with van der Waals surface area (Å²) in [7, 11) is 1.59. The maximum Gasteiger partial charge on any atom is 0.200 e. The molecule has 0 fully saturated rings. The number of benzene rings is 1. The first-order chi connectivity index (χ1) is 10.0. The molecule has 1 aromatic carbocycles. The summed E-state index contributed by atoms with van der Waals surface area (Å²) >= 11 is 5.11. The smallest absolute Gasteiger partial charge is 0.200 e. The van der Waals surface area contributed by atoms with Gasteiger partial charge in [-0.1, -0.05) is 32.0 Å². The molecule has 0 aromatic heterocycles. The van der Waals surface area contributed by atoms with E-state index in [-0.39, 0.29) is 12.2 Å². The molecular formula is C15H24N4OS. The summed E-state index contributed by atoms with van der Waals surface area (Å²) in [6, 6.07) is 6.22. The van der Waals surface area contributed by atoms with Crippen molar-refractivity contribution in [3.63, 3.8) is 0 Å². The van der Waals surface area contributed by atoms with Crippen LogP contribution in [0.3, 0.4) is 0 Å². The zero-order chi connectivity index (χ0) is 15.8. The van der Waals surface area contributed by atoms with Crippen LogP contribution in [-0.4, -0.2) is 24.4 Å². The molecule has 0 aliphatic heterocycles. The number of hydrogen-bond donors (Lipinski definition) is 3. The minimum Gasteiger partial charge on any atom is -0.369 e. The summed E-state index contributed by atoms with van der Waals surface area (Å²) < 4.78 is 5.06. The maximum absolute atomic E-state index is 5.94. The molecule has 0 heterocycles. The molecule has 1 atom stereocenters. The highest BCUT2D eigenvalue weighted by Crippen LogP contribution is 2.22. The molecule has 116 valence electrons. The molecule has 0 radical (unpaired) electrons. The highest BCUT2D eigenvalue weighted by Gasteiger charge is 2.08. The molecule has 21 heavy (non-hydrogen) atoms. The van der Waals surface area contributed by atoms with Crippen LogP contribution in [0.5, 0.6) is 0 Å². The fraction of sp³-hybridized carbons (Fsp3) is 0.467. The summed E-state index contributed by atoms with van der Waals surface area (Å²) in [4.78, 5) is 4.13. The summed E-state index contributed by atoms with van der Waals surface area (Å²) in [6.45, 7) is 6.06. The number of guanidine groups is 1. The van der Waals surface area contributed by atoms with Crippen molar-refractivity contribution in [2.75, 3.05) is 12.4 Å².